The van der Waals surface area contributed by atoms with Crippen molar-refractivity contribution < 1.29 is 9.84 Å². The first-order valence-electron chi connectivity index (χ1n) is 9.12. The van der Waals surface area contributed by atoms with Gasteiger partial charge in [-0.15, -0.1) is 0 Å². The van der Waals surface area contributed by atoms with Crippen LogP contribution in [-0.4, -0.2) is 20.8 Å². The monoisotopic (exact) mass is 435 g/mol. The van der Waals surface area contributed by atoms with E-state index in [1.165, 1.54) is 0 Å². The van der Waals surface area contributed by atoms with Gasteiger partial charge in [-0.2, -0.15) is 5.10 Å². The average Bonchev–Trinajstić information content (AvgIpc) is 3.15. The van der Waals surface area contributed by atoms with Crippen LogP contribution in [-0.2, 0) is 0 Å². The first-order chi connectivity index (χ1) is 13.6. The molecule has 0 amide bonds. The van der Waals surface area contributed by atoms with Crippen molar-refractivity contribution in [1.29, 1.82) is 0 Å². The molecule has 140 valence electrons. The fourth-order valence-corrected chi connectivity index (χ4v) is 4.22. The zero-order valence-corrected chi connectivity index (χ0v) is 16.8. The first kappa shape index (κ1) is 17.3. The van der Waals surface area contributed by atoms with Gasteiger partial charge < -0.3 is 9.84 Å². The Morgan fingerprint density at radius 1 is 1.18 bits per heavy atom. The summed E-state index contributed by atoms with van der Waals surface area (Å²) in [5, 5.41) is 17.3. The molecule has 2 aliphatic rings. The van der Waals surface area contributed by atoms with Gasteiger partial charge in [0.15, 0.2) is 0 Å². The highest BCUT2D eigenvalue weighted by Crippen LogP contribution is 2.48. The number of hydrogen-bond donors (Lipinski definition) is 1. The highest BCUT2D eigenvalue weighted by atomic mass is 79.9. The van der Waals surface area contributed by atoms with Crippen LogP contribution in [0.4, 0.5) is 0 Å². The first-order valence-corrected chi connectivity index (χ1v) is 9.91. The normalized spacial score (nSPS) is 20.2. The van der Waals surface area contributed by atoms with E-state index in [2.05, 4.69) is 27.0 Å². The van der Waals surface area contributed by atoms with Crippen LogP contribution in [0.15, 0.2) is 70.5 Å². The standard InChI is InChI=1S/C22H18BrN3O2/c1-13-4-6-20(27)16(9-13)18-11-19-17-10-15(23)5-7-21(17)28-22(26(19)25-18)14-3-2-8-24-12-14/h2-10,12,19,22,27H,11H2,1H3/t19-,22+/m1/s1. The molecule has 0 saturated carbocycles. The number of phenols is 1. The second kappa shape index (κ2) is 6.63. The Balaban J connectivity index is 1.63. The topological polar surface area (TPSA) is 58.0 Å². The third-order valence-electron chi connectivity index (χ3n) is 5.18. The van der Waals surface area contributed by atoms with Crippen LogP contribution in [0.1, 0.15) is 40.9 Å². The zero-order valence-electron chi connectivity index (χ0n) is 15.2. The minimum atomic E-state index is -0.364. The van der Waals surface area contributed by atoms with Crippen molar-refractivity contribution in [2.75, 3.05) is 0 Å². The van der Waals surface area contributed by atoms with Gasteiger partial charge in [-0.25, -0.2) is 5.01 Å². The van der Waals surface area contributed by atoms with Crippen molar-refractivity contribution in [3.05, 3.63) is 87.7 Å². The lowest BCUT2D eigenvalue weighted by Gasteiger charge is -2.38. The number of rotatable bonds is 2. The molecule has 0 bridgehead atoms. The highest BCUT2D eigenvalue weighted by Gasteiger charge is 2.41. The molecule has 5 nitrogen and oxygen atoms in total. The Kier molecular flexibility index (Phi) is 4.09. The molecule has 5 rings (SSSR count). The van der Waals surface area contributed by atoms with Crippen LogP contribution >= 0.6 is 15.9 Å². The molecule has 2 aromatic carbocycles. The molecular formula is C22H18BrN3O2. The van der Waals surface area contributed by atoms with Crippen molar-refractivity contribution in [3.8, 4) is 11.5 Å². The third kappa shape index (κ3) is 2.85. The number of ether oxygens (including phenoxy) is 1. The average molecular weight is 436 g/mol. The zero-order chi connectivity index (χ0) is 19.3. The molecule has 3 aromatic rings. The van der Waals surface area contributed by atoms with Crippen LogP contribution in [0.25, 0.3) is 0 Å². The lowest BCUT2D eigenvalue weighted by Crippen LogP contribution is -2.33. The minimum absolute atomic E-state index is 0.0290. The van der Waals surface area contributed by atoms with Crippen molar-refractivity contribution >= 4 is 21.6 Å². The van der Waals surface area contributed by atoms with Gasteiger partial charge in [0, 0.05) is 40.0 Å². The van der Waals surface area contributed by atoms with E-state index in [4.69, 9.17) is 9.84 Å². The van der Waals surface area contributed by atoms with E-state index in [0.29, 0.717) is 6.42 Å². The van der Waals surface area contributed by atoms with Gasteiger partial charge in [0.25, 0.3) is 0 Å². The minimum Gasteiger partial charge on any atom is -0.507 e. The summed E-state index contributed by atoms with van der Waals surface area (Å²) >= 11 is 3.57. The molecule has 0 radical (unpaired) electrons. The van der Waals surface area contributed by atoms with E-state index >= 15 is 0 Å². The van der Waals surface area contributed by atoms with Gasteiger partial charge in [0.05, 0.1) is 11.8 Å². The maximum atomic E-state index is 10.4. The Morgan fingerprint density at radius 2 is 2.07 bits per heavy atom. The summed E-state index contributed by atoms with van der Waals surface area (Å²) in [4.78, 5) is 4.24. The summed E-state index contributed by atoms with van der Waals surface area (Å²) < 4.78 is 7.32. The number of fused-ring (bicyclic) bond motifs is 3. The molecule has 0 fully saturated rings. The van der Waals surface area contributed by atoms with Gasteiger partial charge in [0.2, 0.25) is 6.23 Å². The molecule has 1 N–H and O–H groups in total. The number of phenolic OH excluding ortho intramolecular Hbond substituents is 1. The molecule has 0 saturated heterocycles. The lowest BCUT2D eigenvalue weighted by molar-refractivity contribution is -0.0192. The smallest absolute Gasteiger partial charge is 0.215 e. The molecule has 2 atom stereocenters. The number of hydrazone groups is 1. The van der Waals surface area contributed by atoms with E-state index in [0.717, 1.165) is 38.2 Å². The second-order valence-electron chi connectivity index (χ2n) is 7.11. The summed E-state index contributed by atoms with van der Waals surface area (Å²) in [5.74, 6) is 1.10. The van der Waals surface area contributed by atoms with E-state index in [9.17, 15) is 5.11 Å². The van der Waals surface area contributed by atoms with Crippen molar-refractivity contribution in [3.63, 3.8) is 0 Å². The Bertz CT molecular complexity index is 1080. The van der Waals surface area contributed by atoms with Gasteiger partial charge in [-0.05, 0) is 43.3 Å². The van der Waals surface area contributed by atoms with Crippen molar-refractivity contribution in [2.45, 2.75) is 25.6 Å². The fourth-order valence-electron chi connectivity index (χ4n) is 3.84. The number of hydrogen-bond acceptors (Lipinski definition) is 5. The maximum absolute atomic E-state index is 10.4. The van der Waals surface area contributed by atoms with Crippen molar-refractivity contribution in [1.82, 2.24) is 9.99 Å². The van der Waals surface area contributed by atoms with E-state index in [-0.39, 0.29) is 18.0 Å². The molecule has 1 aromatic heterocycles. The molecule has 6 heteroatoms. The summed E-state index contributed by atoms with van der Waals surface area (Å²) in [6, 6.07) is 15.6. The van der Waals surface area contributed by atoms with Gasteiger partial charge >= 0.3 is 0 Å². The second-order valence-corrected chi connectivity index (χ2v) is 8.02. The number of aryl methyl sites for hydroxylation is 1. The van der Waals surface area contributed by atoms with E-state index < -0.39 is 0 Å². The Labute approximate surface area is 171 Å². The molecule has 0 unspecified atom stereocenters. The maximum Gasteiger partial charge on any atom is 0.215 e. The summed E-state index contributed by atoms with van der Waals surface area (Å²) in [5.41, 5.74) is 4.75. The van der Waals surface area contributed by atoms with Crippen LogP contribution < -0.4 is 4.74 Å². The number of nitrogens with zero attached hydrogens (tertiary/aromatic N) is 3. The van der Waals surface area contributed by atoms with E-state index in [1.54, 1.807) is 12.3 Å². The van der Waals surface area contributed by atoms with E-state index in [1.807, 2.05) is 54.5 Å². The largest absolute Gasteiger partial charge is 0.507 e. The predicted molar refractivity (Wildman–Crippen MR) is 110 cm³/mol. The quantitative estimate of drug-likeness (QED) is 0.608. The van der Waals surface area contributed by atoms with Crippen LogP contribution in [0.3, 0.4) is 0 Å². The number of aromatic hydroxyl groups is 1. The fraction of sp³-hybridized carbons (Fsp3) is 0.182. The summed E-state index contributed by atoms with van der Waals surface area (Å²) in [7, 11) is 0. The SMILES string of the molecule is Cc1ccc(O)c(C2=NN3[C@H](C2)c2cc(Br)ccc2O[C@H]3c2cccnc2)c1. The van der Waals surface area contributed by atoms with Crippen LogP contribution in [0.5, 0.6) is 11.5 Å². The predicted octanol–water partition coefficient (Wildman–Crippen LogP) is 5.10. The lowest BCUT2D eigenvalue weighted by atomic mass is 9.95. The summed E-state index contributed by atoms with van der Waals surface area (Å²) in [6.45, 7) is 2.01. The molecule has 2 aliphatic heterocycles. The Hall–Kier alpha value is -2.86. The molecular weight excluding hydrogens is 418 g/mol. The number of halogens is 1. The molecule has 3 heterocycles. The van der Waals surface area contributed by atoms with Gasteiger partial charge in [-0.1, -0.05) is 33.6 Å². The number of pyridine rings is 1. The van der Waals surface area contributed by atoms with Gasteiger partial charge in [0.1, 0.15) is 11.5 Å². The van der Waals surface area contributed by atoms with Crippen molar-refractivity contribution in [2.24, 2.45) is 5.10 Å². The van der Waals surface area contributed by atoms with Crippen LogP contribution in [0.2, 0.25) is 0 Å². The highest BCUT2D eigenvalue weighted by molar-refractivity contribution is 9.10. The number of aromatic nitrogens is 1. The Morgan fingerprint density at radius 3 is 2.89 bits per heavy atom. The van der Waals surface area contributed by atoms with Crippen LogP contribution in [0, 0.1) is 6.92 Å². The third-order valence-corrected chi connectivity index (χ3v) is 5.68. The number of benzene rings is 2. The van der Waals surface area contributed by atoms with Gasteiger partial charge in [-0.3, -0.25) is 4.98 Å². The molecule has 28 heavy (non-hydrogen) atoms. The molecule has 0 aliphatic carbocycles. The molecule has 0 spiro atoms. The summed E-state index contributed by atoms with van der Waals surface area (Å²) in [6.07, 6.45) is 3.89.